The first-order valence-electron chi connectivity index (χ1n) is 9.95. The molecule has 1 aliphatic rings. The highest BCUT2D eigenvalue weighted by Gasteiger charge is 2.21. The van der Waals surface area contributed by atoms with Crippen LogP contribution in [0.15, 0.2) is 18.2 Å². The highest BCUT2D eigenvalue weighted by molar-refractivity contribution is 5.57. The molecule has 1 fully saturated rings. The second kappa shape index (κ2) is 10.7. The molecule has 144 valence electrons. The van der Waals surface area contributed by atoms with Gasteiger partial charge in [-0.25, -0.2) is 0 Å². The van der Waals surface area contributed by atoms with Crippen molar-refractivity contribution in [1.29, 1.82) is 0 Å². The van der Waals surface area contributed by atoms with E-state index >= 15 is 0 Å². The molecule has 0 bridgehead atoms. The van der Waals surface area contributed by atoms with Gasteiger partial charge in [0.15, 0.2) is 0 Å². The lowest BCUT2D eigenvalue weighted by atomic mass is 9.88. The number of anilines is 1. The molecule has 0 aromatic heterocycles. The van der Waals surface area contributed by atoms with Crippen molar-refractivity contribution in [2.24, 2.45) is 11.3 Å². The third-order valence-electron chi connectivity index (χ3n) is 4.88. The molecule has 1 saturated heterocycles. The summed E-state index contributed by atoms with van der Waals surface area (Å²) in [5.74, 6) is 1.41. The minimum Gasteiger partial charge on any atom is -0.497 e. The molecule has 0 amide bonds. The van der Waals surface area contributed by atoms with Crippen LogP contribution < -0.4 is 9.64 Å². The van der Waals surface area contributed by atoms with Gasteiger partial charge >= 0.3 is 0 Å². The number of piperidine rings is 1. The number of aryl methyl sites for hydroxylation is 1. The van der Waals surface area contributed by atoms with Crippen molar-refractivity contribution in [2.75, 3.05) is 31.7 Å². The van der Waals surface area contributed by atoms with E-state index in [0.717, 1.165) is 38.1 Å². The van der Waals surface area contributed by atoms with Gasteiger partial charge in [0.05, 0.1) is 7.11 Å². The zero-order chi connectivity index (χ0) is 18.9. The van der Waals surface area contributed by atoms with Gasteiger partial charge in [0.2, 0.25) is 0 Å². The summed E-state index contributed by atoms with van der Waals surface area (Å²) in [6, 6.07) is 6.50. The monoisotopic (exact) mass is 349 g/mol. The highest BCUT2D eigenvalue weighted by Crippen LogP contribution is 2.32. The summed E-state index contributed by atoms with van der Waals surface area (Å²) in [4.78, 5) is 2.47. The number of aliphatic hydroxyl groups excluding tert-OH is 1. The summed E-state index contributed by atoms with van der Waals surface area (Å²) in [7, 11) is 1.73. The molecule has 1 aromatic rings. The van der Waals surface area contributed by atoms with Crippen molar-refractivity contribution in [1.82, 2.24) is 0 Å². The van der Waals surface area contributed by atoms with Crippen molar-refractivity contribution in [2.45, 2.75) is 66.7 Å². The van der Waals surface area contributed by atoms with Crippen LogP contribution in [0.4, 0.5) is 5.69 Å². The Morgan fingerprint density at radius 3 is 2.32 bits per heavy atom. The molecule has 0 saturated carbocycles. The second-order valence-corrected chi connectivity index (χ2v) is 8.02. The van der Waals surface area contributed by atoms with Gasteiger partial charge in [-0.15, -0.1) is 0 Å². The average Bonchev–Trinajstić information content (AvgIpc) is 2.62. The molecule has 0 radical (unpaired) electrons. The predicted octanol–water partition coefficient (Wildman–Crippen LogP) is 5.30. The Balaban J connectivity index is 0.00000151. The number of benzene rings is 1. The Morgan fingerprint density at radius 1 is 1.16 bits per heavy atom. The molecule has 1 aliphatic heterocycles. The van der Waals surface area contributed by atoms with E-state index in [1.54, 1.807) is 7.11 Å². The molecular formula is C22H39NO2. The molecule has 3 nitrogen and oxygen atoms in total. The molecule has 25 heavy (non-hydrogen) atoms. The normalized spacial score (nSPS) is 15.6. The molecule has 3 heteroatoms. The Labute approximate surface area is 155 Å². The van der Waals surface area contributed by atoms with Crippen LogP contribution in [0.2, 0.25) is 0 Å². The molecule has 0 atom stereocenters. The van der Waals surface area contributed by atoms with Crippen molar-refractivity contribution < 1.29 is 9.84 Å². The van der Waals surface area contributed by atoms with Crippen LogP contribution in [0.25, 0.3) is 0 Å². The second-order valence-electron chi connectivity index (χ2n) is 8.02. The van der Waals surface area contributed by atoms with E-state index in [2.05, 4.69) is 43.9 Å². The third-order valence-corrected chi connectivity index (χ3v) is 4.88. The van der Waals surface area contributed by atoms with Crippen LogP contribution in [-0.2, 0) is 6.42 Å². The van der Waals surface area contributed by atoms with Gasteiger partial charge in [-0.2, -0.15) is 0 Å². The molecule has 0 aliphatic carbocycles. The van der Waals surface area contributed by atoms with Crippen LogP contribution >= 0.6 is 0 Å². The number of aliphatic hydroxyl groups is 1. The van der Waals surface area contributed by atoms with E-state index in [4.69, 9.17) is 4.74 Å². The summed E-state index contributed by atoms with van der Waals surface area (Å²) in [5, 5.41) is 9.34. The maximum absolute atomic E-state index is 9.34. The van der Waals surface area contributed by atoms with Gasteiger partial charge in [0.25, 0.3) is 0 Å². The lowest BCUT2D eigenvalue weighted by Gasteiger charge is -2.34. The lowest BCUT2D eigenvalue weighted by molar-refractivity contribution is 0.203. The van der Waals surface area contributed by atoms with Crippen LogP contribution in [0.5, 0.6) is 5.75 Å². The van der Waals surface area contributed by atoms with Crippen LogP contribution in [0.1, 0.15) is 65.9 Å². The Bertz CT molecular complexity index is 485. The third kappa shape index (κ3) is 7.27. The van der Waals surface area contributed by atoms with Gasteiger partial charge < -0.3 is 14.7 Å². The summed E-state index contributed by atoms with van der Waals surface area (Å²) < 4.78 is 5.44. The van der Waals surface area contributed by atoms with E-state index in [9.17, 15) is 5.11 Å². The quantitative estimate of drug-likeness (QED) is 0.756. The molecule has 1 aromatic carbocycles. The maximum atomic E-state index is 9.34. The summed E-state index contributed by atoms with van der Waals surface area (Å²) in [6.07, 6.45) is 5.74. The fraction of sp³-hybridized carbons (Fsp3) is 0.727. The number of nitrogens with zero attached hydrogens (tertiary/aromatic N) is 1. The Kier molecular flexibility index (Phi) is 9.34. The van der Waals surface area contributed by atoms with E-state index < -0.39 is 0 Å². The molecular weight excluding hydrogens is 310 g/mol. The molecule has 1 heterocycles. The molecule has 0 spiro atoms. The number of hydrogen-bond acceptors (Lipinski definition) is 3. The van der Waals surface area contributed by atoms with Crippen LogP contribution in [0, 0.1) is 11.3 Å². The van der Waals surface area contributed by atoms with Gasteiger partial charge in [-0.05, 0) is 55.1 Å². The first-order chi connectivity index (χ1) is 11.9. The molecule has 2 rings (SSSR count). The van der Waals surface area contributed by atoms with Gasteiger partial charge in [0, 0.05) is 31.5 Å². The average molecular weight is 350 g/mol. The number of hydrogen-bond donors (Lipinski definition) is 1. The van der Waals surface area contributed by atoms with Crippen molar-refractivity contribution in [3.8, 4) is 5.75 Å². The lowest BCUT2D eigenvalue weighted by Crippen LogP contribution is -2.35. The fourth-order valence-electron chi connectivity index (χ4n) is 3.34. The zero-order valence-corrected chi connectivity index (χ0v) is 17.3. The first-order valence-corrected chi connectivity index (χ1v) is 9.95. The summed E-state index contributed by atoms with van der Waals surface area (Å²) in [5.41, 5.74) is 3.15. The van der Waals surface area contributed by atoms with Crippen molar-refractivity contribution >= 4 is 5.69 Å². The summed E-state index contributed by atoms with van der Waals surface area (Å²) in [6.45, 7) is 13.3. The smallest absolute Gasteiger partial charge is 0.120 e. The standard InChI is InChI=1S/C20H33NO2.C2H6/c1-20(2,3)11-5-6-17-7-8-18(23-4)14-19(17)21-12-9-16(15-22)10-13-21;1-2/h7-8,14,16,22H,5-6,9-13,15H2,1-4H3;1-2H3. The van der Waals surface area contributed by atoms with Crippen LogP contribution in [-0.4, -0.2) is 31.9 Å². The Hall–Kier alpha value is -1.22. The maximum Gasteiger partial charge on any atom is 0.120 e. The SMILES string of the molecule is CC.COc1ccc(CCCC(C)(C)C)c(N2CCC(CO)CC2)c1. The van der Waals surface area contributed by atoms with Crippen molar-refractivity contribution in [3.63, 3.8) is 0 Å². The van der Waals surface area contributed by atoms with E-state index in [1.165, 1.54) is 24.1 Å². The van der Waals surface area contributed by atoms with Crippen molar-refractivity contribution in [3.05, 3.63) is 23.8 Å². The Morgan fingerprint density at radius 2 is 1.80 bits per heavy atom. The molecule has 0 unspecified atom stereocenters. The number of methoxy groups -OCH3 is 1. The fourth-order valence-corrected chi connectivity index (χ4v) is 3.34. The van der Waals surface area contributed by atoms with E-state index in [0.29, 0.717) is 17.9 Å². The molecule has 1 N–H and O–H groups in total. The number of ether oxygens (including phenoxy) is 1. The largest absolute Gasteiger partial charge is 0.497 e. The highest BCUT2D eigenvalue weighted by atomic mass is 16.5. The zero-order valence-electron chi connectivity index (χ0n) is 17.3. The van der Waals surface area contributed by atoms with E-state index in [-0.39, 0.29) is 0 Å². The van der Waals surface area contributed by atoms with Gasteiger partial charge in [-0.3, -0.25) is 0 Å². The summed E-state index contributed by atoms with van der Waals surface area (Å²) >= 11 is 0. The minimum absolute atomic E-state index is 0.324. The topological polar surface area (TPSA) is 32.7 Å². The van der Waals surface area contributed by atoms with Gasteiger partial charge in [-0.1, -0.05) is 40.7 Å². The minimum atomic E-state index is 0.324. The number of rotatable bonds is 6. The first kappa shape index (κ1) is 21.8. The van der Waals surface area contributed by atoms with E-state index in [1.807, 2.05) is 13.8 Å². The van der Waals surface area contributed by atoms with Gasteiger partial charge in [0.1, 0.15) is 5.75 Å². The van der Waals surface area contributed by atoms with Crippen LogP contribution in [0.3, 0.4) is 0 Å². The predicted molar refractivity (Wildman–Crippen MR) is 109 cm³/mol.